The average Bonchev–Trinajstić information content (AvgIpc) is 3.18. The van der Waals surface area contributed by atoms with Crippen LogP contribution in [0.2, 0.25) is 0 Å². The van der Waals surface area contributed by atoms with Crippen LogP contribution in [-0.2, 0) is 38.7 Å². The molecule has 1 aliphatic heterocycles. The number of carbonyl (C=O) groups excluding carboxylic acids is 2. The zero-order chi connectivity index (χ0) is 42.7. The van der Waals surface area contributed by atoms with Crippen LogP contribution in [0.3, 0.4) is 0 Å². The molecule has 0 saturated carbocycles. The second-order valence-electron chi connectivity index (χ2n) is 14.6. The molecule has 332 valence electrons. The van der Waals surface area contributed by atoms with Gasteiger partial charge in [-0.3, -0.25) is 14.1 Å². The van der Waals surface area contributed by atoms with E-state index in [1.807, 2.05) is 24.3 Å². The van der Waals surface area contributed by atoms with Crippen molar-refractivity contribution < 1.29 is 56.8 Å². The summed E-state index contributed by atoms with van der Waals surface area (Å²) in [4.78, 5) is 25.3. The van der Waals surface area contributed by atoms with E-state index < -0.39 is 71.2 Å². The van der Waals surface area contributed by atoms with E-state index in [9.17, 15) is 37.9 Å². The standard InChI is InChI=1S/C45H74O12S/c1-3-5-7-9-11-13-15-17-18-19-20-22-23-25-27-29-31-33-40(46)54-35-38(36-55-45-44(50)43(49)42(48)39(57-45)37-58(51,52)53)56-41(47)34-32-30-28-26-24-21-16-14-12-10-8-6-4-2/h11,13,17-18,20-22,24-25,27-28,30,38-39,42-45,48-50H,3-10,12,14-16,19,23,26,29,31-37H2,1-2H3,(H,51,52,53)/b13-11+,18-17+,22-20+,24-21+,27-25+,30-28+/t38?,39-,42-,43?,44?,45+/m1/s1. The molecule has 13 heteroatoms. The minimum Gasteiger partial charge on any atom is -0.462 e. The molecule has 0 aromatic heterocycles. The molecular weight excluding hydrogens is 765 g/mol. The molecule has 0 radical (unpaired) electrons. The monoisotopic (exact) mass is 838 g/mol. The van der Waals surface area contributed by atoms with Gasteiger partial charge in [0, 0.05) is 12.8 Å². The largest absolute Gasteiger partial charge is 0.462 e. The van der Waals surface area contributed by atoms with E-state index in [4.69, 9.17) is 18.9 Å². The third-order valence-electron chi connectivity index (χ3n) is 9.27. The number of aliphatic hydroxyl groups excluding tert-OH is 3. The van der Waals surface area contributed by atoms with Crippen LogP contribution in [0.25, 0.3) is 0 Å². The Morgan fingerprint density at radius 2 is 1.07 bits per heavy atom. The highest BCUT2D eigenvalue weighted by Crippen LogP contribution is 2.23. The lowest BCUT2D eigenvalue weighted by Crippen LogP contribution is -2.60. The lowest BCUT2D eigenvalue weighted by atomic mass is 10.00. The van der Waals surface area contributed by atoms with Crippen LogP contribution in [0.5, 0.6) is 0 Å². The van der Waals surface area contributed by atoms with Gasteiger partial charge in [-0.05, 0) is 70.6 Å². The van der Waals surface area contributed by atoms with Crippen molar-refractivity contribution >= 4 is 22.1 Å². The SMILES string of the molecule is CCCCC/C=C/C/C=C/C/C=C/C/C=C/CCCC(=O)OCC(CO[C@H]1O[C@H](CS(=O)(=O)O)[C@@H](O)C(O)C1O)OC(=O)CC/C=C/C/C=C/CCCCCCCC. The fourth-order valence-electron chi connectivity index (χ4n) is 5.90. The third kappa shape index (κ3) is 29.3. The second-order valence-corrected chi connectivity index (χ2v) is 16.1. The summed E-state index contributed by atoms with van der Waals surface area (Å²) in [5.74, 6) is -2.15. The van der Waals surface area contributed by atoms with Crippen LogP contribution in [0, 0.1) is 0 Å². The summed E-state index contributed by atoms with van der Waals surface area (Å²) in [6, 6.07) is 0. The molecular formula is C45H74O12S. The van der Waals surface area contributed by atoms with E-state index >= 15 is 0 Å². The van der Waals surface area contributed by atoms with Gasteiger partial charge in [-0.1, -0.05) is 132 Å². The first-order valence-electron chi connectivity index (χ1n) is 21.5. The van der Waals surface area contributed by atoms with Crippen molar-refractivity contribution in [1.29, 1.82) is 0 Å². The van der Waals surface area contributed by atoms with Crippen molar-refractivity contribution in [1.82, 2.24) is 0 Å². The average molecular weight is 839 g/mol. The molecule has 0 bridgehead atoms. The van der Waals surface area contributed by atoms with Gasteiger partial charge in [-0.2, -0.15) is 8.42 Å². The number of rotatable bonds is 34. The van der Waals surface area contributed by atoms with Gasteiger partial charge >= 0.3 is 11.9 Å². The Bertz CT molecular complexity index is 1350. The fraction of sp³-hybridized carbons (Fsp3) is 0.689. The van der Waals surface area contributed by atoms with E-state index in [2.05, 4.69) is 62.5 Å². The van der Waals surface area contributed by atoms with E-state index in [-0.39, 0.29) is 19.4 Å². The summed E-state index contributed by atoms with van der Waals surface area (Å²) in [6.07, 6.45) is 34.0. The molecule has 0 aromatic carbocycles. The summed E-state index contributed by atoms with van der Waals surface area (Å²) >= 11 is 0. The third-order valence-corrected chi connectivity index (χ3v) is 10.0. The maximum absolute atomic E-state index is 12.7. The lowest BCUT2D eigenvalue weighted by molar-refractivity contribution is -0.297. The molecule has 0 amide bonds. The first-order valence-corrected chi connectivity index (χ1v) is 23.1. The maximum atomic E-state index is 12.7. The zero-order valence-electron chi connectivity index (χ0n) is 35.1. The molecule has 6 atom stereocenters. The van der Waals surface area contributed by atoms with Crippen LogP contribution >= 0.6 is 0 Å². The number of unbranched alkanes of at least 4 members (excludes halogenated alkanes) is 10. The van der Waals surface area contributed by atoms with Gasteiger partial charge in [0.2, 0.25) is 0 Å². The van der Waals surface area contributed by atoms with Crippen molar-refractivity contribution in [3.63, 3.8) is 0 Å². The van der Waals surface area contributed by atoms with Crippen LogP contribution in [0.1, 0.15) is 142 Å². The number of carbonyl (C=O) groups is 2. The molecule has 0 spiro atoms. The van der Waals surface area contributed by atoms with Crippen LogP contribution in [0.4, 0.5) is 0 Å². The van der Waals surface area contributed by atoms with Crippen LogP contribution < -0.4 is 0 Å². The Morgan fingerprint density at radius 1 is 0.586 bits per heavy atom. The lowest BCUT2D eigenvalue weighted by Gasteiger charge is -2.40. The van der Waals surface area contributed by atoms with E-state index in [0.717, 1.165) is 38.5 Å². The summed E-state index contributed by atoms with van der Waals surface area (Å²) in [5, 5.41) is 30.8. The smallest absolute Gasteiger partial charge is 0.306 e. The van der Waals surface area contributed by atoms with Crippen LogP contribution in [-0.4, -0.2) is 96.0 Å². The molecule has 0 aliphatic carbocycles. The molecule has 1 heterocycles. The Labute approximate surface area is 348 Å². The molecule has 0 aromatic rings. The van der Waals surface area contributed by atoms with Gasteiger partial charge < -0.3 is 34.3 Å². The van der Waals surface area contributed by atoms with E-state index in [1.165, 1.54) is 57.8 Å². The van der Waals surface area contributed by atoms with E-state index in [1.54, 1.807) is 0 Å². The highest BCUT2D eigenvalue weighted by Gasteiger charge is 2.46. The Balaban J connectivity index is 2.56. The van der Waals surface area contributed by atoms with Gasteiger partial charge in [-0.15, -0.1) is 0 Å². The molecule has 58 heavy (non-hydrogen) atoms. The van der Waals surface area contributed by atoms with Crippen molar-refractivity contribution in [2.75, 3.05) is 19.0 Å². The quantitative estimate of drug-likeness (QED) is 0.0210. The minimum absolute atomic E-state index is 0.0430. The molecule has 1 fully saturated rings. The highest BCUT2D eigenvalue weighted by atomic mass is 32.2. The van der Waals surface area contributed by atoms with Crippen molar-refractivity contribution in [3.8, 4) is 0 Å². The maximum Gasteiger partial charge on any atom is 0.306 e. The molecule has 1 saturated heterocycles. The van der Waals surface area contributed by atoms with Gasteiger partial charge in [-0.25, -0.2) is 0 Å². The number of allylic oxidation sites excluding steroid dienone is 12. The van der Waals surface area contributed by atoms with E-state index in [0.29, 0.717) is 19.3 Å². The summed E-state index contributed by atoms with van der Waals surface area (Å²) < 4.78 is 53.8. The first kappa shape index (κ1) is 53.1. The Hall–Kier alpha value is -2.91. The predicted molar refractivity (Wildman–Crippen MR) is 228 cm³/mol. The Kier molecular flexibility index (Phi) is 32.0. The summed E-state index contributed by atoms with van der Waals surface area (Å²) in [6.45, 7) is 3.60. The van der Waals surface area contributed by atoms with Gasteiger partial charge in [0.15, 0.2) is 12.4 Å². The van der Waals surface area contributed by atoms with Crippen molar-refractivity contribution in [2.45, 2.75) is 179 Å². The number of hydrogen-bond donors (Lipinski definition) is 4. The van der Waals surface area contributed by atoms with Crippen molar-refractivity contribution in [3.05, 3.63) is 72.9 Å². The number of ether oxygens (including phenoxy) is 4. The number of hydrogen-bond acceptors (Lipinski definition) is 11. The fourth-order valence-corrected chi connectivity index (χ4v) is 6.59. The number of aliphatic hydroxyl groups is 3. The molecule has 4 N–H and O–H groups in total. The highest BCUT2D eigenvalue weighted by molar-refractivity contribution is 7.85. The number of esters is 2. The molecule has 3 unspecified atom stereocenters. The summed E-state index contributed by atoms with van der Waals surface area (Å²) in [5.41, 5.74) is 0. The van der Waals surface area contributed by atoms with Gasteiger partial charge in [0.05, 0.1) is 6.61 Å². The zero-order valence-corrected chi connectivity index (χ0v) is 35.9. The Morgan fingerprint density at radius 3 is 1.64 bits per heavy atom. The van der Waals surface area contributed by atoms with Crippen LogP contribution in [0.15, 0.2) is 72.9 Å². The van der Waals surface area contributed by atoms with Gasteiger partial charge in [0.1, 0.15) is 36.8 Å². The minimum atomic E-state index is -4.62. The van der Waals surface area contributed by atoms with Crippen molar-refractivity contribution in [2.24, 2.45) is 0 Å². The molecule has 1 rings (SSSR count). The predicted octanol–water partition coefficient (Wildman–Crippen LogP) is 8.33. The first-order chi connectivity index (χ1) is 28.0. The molecule has 12 nitrogen and oxygen atoms in total. The normalized spacial score (nSPS) is 21.1. The van der Waals surface area contributed by atoms with Gasteiger partial charge in [0.25, 0.3) is 10.1 Å². The molecule has 1 aliphatic rings. The topological polar surface area (TPSA) is 186 Å². The summed E-state index contributed by atoms with van der Waals surface area (Å²) in [7, 11) is -4.62. The second kappa shape index (κ2) is 34.9.